The average molecular weight is 356 g/mol. The number of rotatable bonds is 6. The number of benzene rings is 1. The van der Waals surface area contributed by atoms with Gasteiger partial charge >= 0.3 is 0 Å². The first-order valence-corrected chi connectivity index (χ1v) is 9.49. The lowest BCUT2D eigenvalue weighted by Gasteiger charge is -2.10. The molecule has 0 spiro atoms. The summed E-state index contributed by atoms with van der Waals surface area (Å²) in [7, 11) is 1.98. The number of hydrogen-bond acceptors (Lipinski definition) is 3. The van der Waals surface area contributed by atoms with E-state index in [2.05, 4.69) is 15.6 Å². The molecule has 6 nitrogen and oxygen atoms in total. The molecule has 0 unspecified atom stereocenters. The highest BCUT2D eigenvalue weighted by atomic mass is 16.2. The van der Waals surface area contributed by atoms with Gasteiger partial charge in [0.25, 0.3) is 0 Å². The van der Waals surface area contributed by atoms with Gasteiger partial charge in [-0.15, -0.1) is 0 Å². The van der Waals surface area contributed by atoms with Crippen molar-refractivity contribution >= 4 is 28.5 Å². The Hall–Kier alpha value is -2.37. The number of aryl methyl sites for hydroxylation is 1. The standard InChI is InChI=1S/C20H28N4O2/c1-13(2)19(25)22-15-8-9-17-16(12-15)23-18(24(17)3)10-11-21-20(26)14-6-4-5-7-14/h8-9,12-14H,4-7,10-11H2,1-3H3,(H,21,26)(H,22,25). The molecule has 1 saturated carbocycles. The Bertz CT molecular complexity index is 803. The van der Waals surface area contributed by atoms with Gasteiger partial charge in [0.15, 0.2) is 0 Å². The summed E-state index contributed by atoms with van der Waals surface area (Å²) in [5.74, 6) is 1.24. The Kier molecular flexibility index (Phi) is 5.59. The molecular weight excluding hydrogens is 328 g/mol. The van der Waals surface area contributed by atoms with E-state index in [-0.39, 0.29) is 23.7 Å². The van der Waals surface area contributed by atoms with E-state index in [1.807, 2.05) is 43.7 Å². The van der Waals surface area contributed by atoms with Gasteiger partial charge in [0, 0.05) is 37.5 Å². The van der Waals surface area contributed by atoms with Crippen LogP contribution < -0.4 is 10.6 Å². The highest BCUT2D eigenvalue weighted by molar-refractivity contribution is 5.94. The Morgan fingerprint density at radius 1 is 1.27 bits per heavy atom. The summed E-state index contributed by atoms with van der Waals surface area (Å²) in [6, 6.07) is 5.77. The van der Waals surface area contributed by atoms with Crippen molar-refractivity contribution in [2.75, 3.05) is 11.9 Å². The van der Waals surface area contributed by atoms with E-state index in [1.54, 1.807) is 0 Å². The maximum atomic E-state index is 12.1. The first kappa shape index (κ1) is 18.4. The number of hydrogen-bond donors (Lipinski definition) is 2. The number of anilines is 1. The number of carbonyl (C=O) groups is 2. The molecule has 1 fully saturated rings. The summed E-state index contributed by atoms with van der Waals surface area (Å²) in [5.41, 5.74) is 2.63. The van der Waals surface area contributed by atoms with E-state index < -0.39 is 0 Å². The molecule has 0 radical (unpaired) electrons. The summed E-state index contributed by atoms with van der Waals surface area (Å²) in [6.45, 7) is 4.34. The molecule has 1 aromatic carbocycles. The normalized spacial score (nSPS) is 14.9. The summed E-state index contributed by atoms with van der Waals surface area (Å²) in [6.07, 6.45) is 5.06. The summed E-state index contributed by atoms with van der Waals surface area (Å²) in [5, 5.41) is 5.95. The zero-order valence-electron chi connectivity index (χ0n) is 15.8. The SMILES string of the molecule is CC(C)C(=O)Nc1ccc2c(c1)nc(CCNC(=O)C1CCCC1)n2C. The van der Waals surface area contributed by atoms with Gasteiger partial charge in [-0.1, -0.05) is 26.7 Å². The smallest absolute Gasteiger partial charge is 0.226 e. The van der Waals surface area contributed by atoms with Gasteiger partial charge in [0.1, 0.15) is 5.82 Å². The van der Waals surface area contributed by atoms with Crippen LogP contribution in [0.2, 0.25) is 0 Å². The number of nitrogens with one attached hydrogen (secondary N) is 2. The number of imidazole rings is 1. The van der Waals surface area contributed by atoms with Crippen LogP contribution in [0.3, 0.4) is 0 Å². The van der Waals surface area contributed by atoms with Crippen molar-refractivity contribution in [3.8, 4) is 0 Å². The third-order valence-corrected chi connectivity index (χ3v) is 5.14. The topological polar surface area (TPSA) is 76.0 Å². The van der Waals surface area contributed by atoms with Crippen molar-refractivity contribution in [1.82, 2.24) is 14.9 Å². The Labute approximate surface area is 154 Å². The zero-order chi connectivity index (χ0) is 18.7. The van der Waals surface area contributed by atoms with E-state index in [9.17, 15) is 9.59 Å². The molecular formula is C20H28N4O2. The van der Waals surface area contributed by atoms with Crippen LogP contribution in [-0.4, -0.2) is 27.9 Å². The summed E-state index contributed by atoms with van der Waals surface area (Å²) >= 11 is 0. The van der Waals surface area contributed by atoms with E-state index in [0.29, 0.717) is 13.0 Å². The predicted octanol–water partition coefficient (Wildman–Crippen LogP) is 3.02. The average Bonchev–Trinajstić information content (AvgIpc) is 3.24. The Morgan fingerprint density at radius 2 is 2.00 bits per heavy atom. The third-order valence-electron chi connectivity index (χ3n) is 5.14. The fourth-order valence-corrected chi connectivity index (χ4v) is 3.47. The van der Waals surface area contributed by atoms with Crippen LogP contribution in [0.25, 0.3) is 11.0 Å². The van der Waals surface area contributed by atoms with E-state index >= 15 is 0 Å². The van der Waals surface area contributed by atoms with Crippen molar-refractivity contribution in [2.45, 2.75) is 46.0 Å². The lowest BCUT2D eigenvalue weighted by molar-refractivity contribution is -0.124. The van der Waals surface area contributed by atoms with E-state index in [1.165, 1.54) is 12.8 Å². The Morgan fingerprint density at radius 3 is 2.69 bits per heavy atom. The fraction of sp³-hybridized carbons (Fsp3) is 0.550. The van der Waals surface area contributed by atoms with Crippen molar-refractivity contribution < 1.29 is 9.59 Å². The Balaban J connectivity index is 1.64. The third kappa shape index (κ3) is 4.06. The van der Waals surface area contributed by atoms with Crippen molar-refractivity contribution in [3.63, 3.8) is 0 Å². The highest BCUT2D eigenvalue weighted by Gasteiger charge is 2.22. The molecule has 0 atom stereocenters. The van der Waals surface area contributed by atoms with Gasteiger partial charge in [0.2, 0.25) is 11.8 Å². The minimum absolute atomic E-state index is 0.00451. The minimum atomic E-state index is -0.0616. The maximum Gasteiger partial charge on any atom is 0.226 e. The van der Waals surface area contributed by atoms with Crippen LogP contribution in [0.1, 0.15) is 45.4 Å². The van der Waals surface area contributed by atoms with Crippen LogP contribution in [0.4, 0.5) is 5.69 Å². The summed E-state index contributed by atoms with van der Waals surface area (Å²) < 4.78 is 2.05. The molecule has 1 aromatic heterocycles. The molecule has 140 valence electrons. The molecule has 1 heterocycles. The number of fused-ring (bicyclic) bond motifs is 1. The molecule has 2 amide bonds. The molecule has 1 aliphatic carbocycles. The van der Waals surface area contributed by atoms with Gasteiger partial charge in [-0.2, -0.15) is 0 Å². The molecule has 2 aromatic rings. The van der Waals surface area contributed by atoms with Crippen molar-refractivity contribution in [3.05, 3.63) is 24.0 Å². The molecule has 1 aliphatic rings. The second-order valence-electron chi connectivity index (χ2n) is 7.46. The van der Waals surface area contributed by atoms with Crippen LogP contribution in [0.5, 0.6) is 0 Å². The molecule has 2 N–H and O–H groups in total. The first-order chi connectivity index (χ1) is 12.5. The van der Waals surface area contributed by atoms with Gasteiger partial charge in [0.05, 0.1) is 11.0 Å². The molecule has 0 saturated heterocycles. The van der Waals surface area contributed by atoms with Gasteiger partial charge in [-0.3, -0.25) is 9.59 Å². The molecule has 26 heavy (non-hydrogen) atoms. The maximum absolute atomic E-state index is 12.1. The predicted molar refractivity (Wildman–Crippen MR) is 103 cm³/mol. The van der Waals surface area contributed by atoms with Gasteiger partial charge in [-0.05, 0) is 31.0 Å². The monoisotopic (exact) mass is 356 g/mol. The zero-order valence-corrected chi connectivity index (χ0v) is 15.8. The van der Waals surface area contributed by atoms with E-state index in [0.717, 1.165) is 35.4 Å². The lowest BCUT2D eigenvalue weighted by Crippen LogP contribution is -2.31. The quantitative estimate of drug-likeness (QED) is 0.835. The second kappa shape index (κ2) is 7.89. The van der Waals surface area contributed by atoms with Crippen LogP contribution in [0.15, 0.2) is 18.2 Å². The fourth-order valence-electron chi connectivity index (χ4n) is 3.47. The number of aromatic nitrogens is 2. The first-order valence-electron chi connectivity index (χ1n) is 9.49. The highest BCUT2D eigenvalue weighted by Crippen LogP contribution is 2.24. The molecule has 0 bridgehead atoms. The second-order valence-corrected chi connectivity index (χ2v) is 7.46. The van der Waals surface area contributed by atoms with Gasteiger partial charge in [-0.25, -0.2) is 4.98 Å². The number of amides is 2. The molecule has 6 heteroatoms. The van der Waals surface area contributed by atoms with Crippen molar-refractivity contribution in [2.24, 2.45) is 18.9 Å². The molecule has 3 rings (SSSR count). The van der Waals surface area contributed by atoms with Crippen LogP contribution >= 0.6 is 0 Å². The van der Waals surface area contributed by atoms with Crippen molar-refractivity contribution in [1.29, 1.82) is 0 Å². The number of nitrogens with zero attached hydrogens (tertiary/aromatic N) is 2. The largest absolute Gasteiger partial charge is 0.355 e. The minimum Gasteiger partial charge on any atom is -0.355 e. The lowest BCUT2D eigenvalue weighted by atomic mass is 10.1. The van der Waals surface area contributed by atoms with Crippen LogP contribution in [-0.2, 0) is 23.1 Å². The van der Waals surface area contributed by atoms with E-state index in [4.69, 9.17) is 0 Å². The van der Waals surface area contributed by atoms with Crippen LogP contribution in [0, 0.1) is 11.8 Å². The van der Waals surface area contributed by atoms with Gasteiger partial charge < -0.3 is 15.2 Å². The number of carbonyl (C=O) groups excluding carboxylic acids is 2. The summed E-state index contributed by atoms with van der Waals surface area (Å²) in [4.78, 5) is 28.7. The molecule has 0 aliphatic heterocycles.